The Hall–Kier alpha value is -1.40. The molecule has 0 amide bonds. The van der Waals surface area contributed by atoms with Crippen molar-refractivity contribution < 1.29 is 9.84 Å². The summed E-state index contributed by atoms with van der Waals surface area (Å²) in [7, 11) is 0. The number of aliphatic hydroxyl groups excluding tert-OH is 1. The fourth-order valence-corrected chi connectivity index (χ4v) is 2.00. The van der Waals surface area contributed by atoms with Crippen LogP contribution in [-0.4, -0.2) is 26.4 Å². The van der Waals surface area contributed by atoms with Crippen molar-refractivity contribution in [2.75, 3.05) is 0 Å². The molecule has 5 nitrogen and oxygen atoms in total. The van der Waals surface area contributed by atoms with Gasteiger partial charge in [0.2, 0.25) is 0 Å². The molecule has 0 aliphatic carbocycles. The van der Waals surface area contributed by atoms with Crippen LogP contribution in [0.4, 0.5) is 0 Å². The number of hydrogen-bond acceptors (Lipinski definition) is 4. The van der Waals surface area contributed by atoms with Gasteiger partial charge in [-0.2, -0.15) is 5.10 Å². The summed E-state index contributed by atoms with van der Waals surface area (Å²) in [5.74, 6) is 1.17. The molecule has 0 spiro atoms. The summed E-state index contributed by atoms with van der Waals surface area (Å²) >= 11 is 3.38. The van der Waals surface area contributed by atoms with Crippen molar-refractivity contribution in [3.05, 3.63) is 40.9 Å². The first kappa shape index (κ1) is 15.0. The lowest BCUT2D eigenvalue weighted by molar-refractivity contribution is -0.0368. The van der Waals surface area contributed by atoms with E-state index in [0.717, 1.165) is 4.47 Å². The summed E-state index contributed by atoms with van der Waals surface area (Å²) in [6.07, 6.45) is 0.0839. The number of hydrogen-bond donors (Lipinski definition) is 2. The first-order chi connectivity index (χ1) is 9.38. The molecule has 20 heavy (non-hydrogen) atoms. The number of aromatic amines is 1. The van der Waals surface area contributed by atoms with E-state index < -0.39 is 12.2 Å². The normalized spacial score (nSPS) is 14.8. The zero-order valence-electron chi connectivity index (χ0n) is 11.7. The second-order valence-corrected chi connectivity index (χ2v) is 6.59. The van der Waals surface area contributed by atoms with Crippen LogP contribution < -0.4 is 4.74 Å². The number of aromatic nitrogens is 3. The van der Waals surface area contributed by atoms with E-state index in [0.29, 0.717) is 11.6 Å². The highest BCUT2D eigenvalue weighted by Crippen LogP contribution is 2.32. The lowest BCUT2D eigenvalue weighted by Crippen LogP contribution is -2.36. The minimum atomic E-state index is -0.723. The largest absolute Gasteiger partial charge is 0.480 e. The van der Waals surface area contributed by atoms with E-state index in [4.69, 9.17) is 4.74 Å². The third kappa shape index (κ3) is 3.58. The molecule has 2 unspecified atom stereocenters. The number of nitrogens with zero attached hydrogens (tertiary/aromatic N) is 2. The molecule has 1 aromatic heterocycles. The zero-order valence-corrected chi connectivity index (χ0v) is 13.3. The third-order valence-electron chi connectivity index (χ3n) is 2.95. The van der Waals surface area contributed by atoms with Crippen LogP contribution in [0.25, 0.3) is 0 Å². The van der Waals surface area contributed by atoms with Crippen LogP contribution in [0.5, 0.6) is 5.75 Å². The van der Waals surface area contributed by atoms with Crippen LogP contribution >= 0.6 is 15.9 Å². The number of rotatable bonds is 4. The molecule has 1 heterocycles. The minimum absolute atomic E-state index is 0.340. The van der Waals surface area contributed by atoms with Gasteiger partial charge in [0.05, 0.1) is 0 Å². The molecule has 2 aromatic rings. The van der Waals surface area contributed by atoms with Gasteiger partial charge in [0, 0.05) is 4.47 Å². The molecular formula is C14H18BrN3O2. The Morgan fingerprint density at radius 2 is 1.90 bits per heavy atom. The van der Waals surface area contributed by atoms with Crippen LogP contribution in [-0.2, 0) is 0 Å². The van der Waals surface area contributed by atoms with Crippen LogP contribution in [0, 0.1) is 5.41 Å². The van der Waals surface area contributed by atoms with Gasteiger partial charge in [-0.25, -0.2) is 4.98 Å². The molecule has 1 aromatic carbocycles. The van der Waals surface area contributed by atoms with Crippen molar-refractivity contribution in [2.45, 2.75) is 33.0 Å². The second-order valence-electron chi connectivity index (χ2n) is 5.67. The van der Waals surface area contributed by atoms with E-state index in [1.165, 1.54) is 6.33 Å². The van der Waals surface area contributed by atoms with Crippen LogP contribution in [0.3, 0.4) is 0 Å². The molecular weight excluding hydrogens is 322 g/mol. The topological polar surface area (TPSA) is 71.0 Å². The van der Waals surface area contributed by atoms with E-state index in [2.05, 4.69) is 31.1 Å². The van der Waals surface area contributed by atoms with Gasteiger partial charge in [-0.1, -0.05) is 36.7 Å². The number of halogens is 1. The number of benzene rings is 1. The first-order valence-electron chi connectivity index (χ1n) is 6.33. The van der Waals surface area contributed by atoms with Crippen molar-refractivity contribution in [3.8, 4) is 5.75 Å². The predicted molar refractivity (Wildman–Crippen MR) is 79.4 cm³/mol. The van der Waals surface area contributed by atoms with Crippen molar-refractivity contribution in [3.63, 3.8) is 0 Å². The fourth-order valence-electron chi connectivity index (χ4n) is 1.74. The molecule has 0 saturated carbocycles. The molecule has 0 saturated heterocycles. The second kappa shape index (κ2) is 5.93. The Morgan fingerprint density at radius 3 is 2.40 bits per heavy atom. The quantitative estimate of drug-likeness (QED) is 0.897. The van der Waals surface area contributed by atoms with Gasteiger partial charge < -0.3 is 9.84 Å². The molecule has 0 aliphatic rings. The lowest BCUT2D eigenvalue weighted by Gasteiger charge is -2.31. The summed E-state index contributed by atoms with van der Waals surface area (Å²) in [4.78, 5) is 4.10. The predicted octanol–water partition coefficient (Wildman–Crippen LogP) is 3.09. The molecule has 2 N–H and O–H groups in total. The molecule has 0 radical (unpaired) electrons. The summed E-state index contributed by atoms with van der Waals surface area (Å²) in [5, 5.41) is 17.1. The molecule has 6 heteroatoms. The highest BCUT2D eigenvalue weighted by atomic mass is 79.9. The highest BCUT2D eigenvalue weighted by Gasteiger charge is 2.35. The van der Waals surface area contributed by atoms with Gasteiger partial charge in [-0.15, -0.1) is 0 Å². The van der Waals surface area contributed by atoms with Crippen molar-refractivity contribution in [1.29, 1.82) is 0 Å². The van der Waals surface area contributed by atoms with Crippen molar-refractivity contribution >= 4 is 15.9 Å². The lowest BCUT2D eigenvalue weighted by atomic mass is 9.85. The maximum absolute atomic E-state index is 10.5. The van der Waals surface area contributed by atoms with Crippen LogP contribution in [0.1, 0.15) is 32.7 Å². The Bertz CT molecular complexity index is 535. The average molecular weight is 340 g/mol. The van der Waals surface area contributed by atoms with Gasteiger partial charge in [-0.05, 0) is 29.7 Å². The van der Waals surface area contributed by atoms with E-state index in [1.54, 1.807) is 0 Å². The third-order valence-corrected chi connectivity index (χ3v) is 3.48. The maximum Gasteiger partial charge on any atom is 0.184 e. The first-order valence-corrected chi connectivity index (χ1v) is 7.13. The standard InChI is InChI=1S/C14H18BrN3O2/c1-14(2,3)12(19)11(13-16-8-17-18-13)20-10-6-4-9(15)5-7-10/h4-8,11-12,19H,1-3H3,(H,16,17,18). The van der Waals surface area contributed by atoms with Crippen LogP contribution in [0.15, 0.2) is 35.1 Å². The maximum atomic E-state index is 10.5. The molecule has 0 bridgehead atoms. The smallest absolute Gasteiger partial charge is 0.184 e. The molecule has 0 aliphatic heterocycles. The Balaban J connectivity index is 2.26. The monoisotopic (exact) mass is 339 g/mol. The van der Waals surface area contributed by atoms with E-state index >= 15 is 0 Å². The van der Waals surface area contributed by atoms with Gasteiger partial charge in [0.1, 0.15) is 18.2 Å². The Morgan fingerprint density at radius 1 is 1.25 bits per heavy atom. The fraction of sp³-hybridized carbons (Fsp3) is 0.429. The minimum Gasteiger partial charge on any atom is -0.480 e. The molecule has 0 fully saturated rings. The number of H-pyrrole nitrogens is 1. The SMILES string of the molecule is CC(C)(C)C(O)C(Oc1ccc(Br)cc1)c1ncn[nH]1. The molecule has 2 rings (SSSR count). The summed E-state index contributed by atoms with van der Waals surface area (Å²) in [5.41, 5.74) is -0.340. The summed E-state index contributed by atoms with van der Waals surface area (Å²) < 4.78 is 6.87. The Labute approximate surface area is 126 Å². The molecule has 2 atom stereocenters. The number of ether oxygens (including phenoxy) is 1. The van der Waals surface area contributed by atoms with Gasteiger partial charge in [-0.3, -0.25) is 5.10 Å². The summed E-state index contributed by atoms with van der Waals surface area (Å²) in [6.45, 7) is 5.85. The average Bonchev–Trinajstić information content (AvgIpc) is 2.90. The van der Waals surface area contributed by atoms with Crippen LogP contribution in [0.2, 0.25) is 0 Å². The number of aliphatic hydroxyl groups is 1. The van der Waals surface area contributed by atoms with E-state index in [-0.39, 0.29) is 5.41 Å². The van der Waals surface area contributed by atoms with Gasteiger partial charge in [0.15, 0.2) is 11.9 Å². The van der Waals surface area contributed by atoms with Crippen molar-refractivity contribution in [2.24, 2.45) is 5.41 Å². The van der Waals surface area contributed by atoms with E-state index in [9.17, 15) is 5.11 Å². The van der Waals surface area contributed by atoms with E-state index in [1.807, 2.05) is 45.0 Å². The highest BCUT2D eigenvalue weighted by molar-refractivity contribution is 9.10. The Kier molecular flexibility index (Phi) is 4.45. The molecule has 108 valence electrons. The number of nitrogens with one attached hydrogen (secondary N) is 1. The summed E-state index contributed by atoms with van der Waals surface area (Å²) in [6, 6.07) is 7.44. The van der Waals surface area contributed by atoms with Gasteiger partial charge >= 0.3 is 0 Å². The van der Waals surface area contributed by atoms with Gasteiger partial charge in [0.25, 0.3) is 0 Å². The van der Waals surface area contributed by atoms with Crippen molar-refractivity contribution in [1.82, 2.24) is 15.2 Å². The zero-order chi connectivity index (χ0) is 14.8.